The minimum Gasteiger partial charge on any atom is -0.291 e. The van der Waals surface area contributed by atoms with E-state index < -0.39 is 14.8 Å². The summed E-state index contributed by atoms with van der Waals surface area (Å²) in [5.41, 5.74) is -0.384. The first-order valence-corrected chi connectivity index (χ1v) is 9.18. The summed E-state index contributed by atoms with van der Waals surface area (Å²) in [4.78, 5) is 41.6. The van der Waals surface area contributed by atoms with E-state index in [1.807, 2.05) is 6.92 Å². The topological polar surface area (TPSA) is 146 Å². The molecule has 28 heavy (non-hydrogen) atoms. The zero-order valence-electron chi connectivity index (χ0n) is 16.0. The smallest absolute Gasteiger partial charge is 0.246 e. The van der Waals surface area contributed by atoms with Crippen LogP contribution in [0.5, 0.6) is 0 Å². The maximum Gasteiger partial charge on any atom is 0.246 e. The third-order valence-corrected chi connectivity index (χ3v) is 3.96. The second kappa shape index (κ2) is 15.2. The number of hydrogen-bond donors (Lipinski definition) is 0. The maximum absolute atomic E-state index is 11.1. The Bertz CT molecular complexity index is 639. The van der Waals surface area contributed by atoms with E-state index in [1.54, 1.807) is 6.29 Å². The van der Waals surface area contributed by atoms with Crippen molar-refractivity contribution in [1.82, 2.24) is 0 Å². The average Bonchev–Trinajstić information content (AvgIpc) is 2.63. The van der Waals surface area contributed by atoms with E-state index in [9.17, 15) is 35.1 Å². The molecule has 0 spiro atoms. The van der Waals surface area contributed by atoms with Gasteiger partial charge in [0.05, 0.1) is 21.2 Å². The Morgan fingerprint density at radius 1 is 0.786 bits per heavy atom. The highest BCUT2D eigenvalue weighted by Gasteiger charge is 2.15. The number of nitro groups is 3. The second-order valence-corrected chi connectivity index (χ2v) is 6.11. The molecular weight excluding hydrogens is 370 g/mol. The molecule has 155 valence electrons. The molecule has 0 aromatic rings. The van der Waals surface area contributed by atoms with Crippen molar-refractivity contribution in [3.63, 3.8) is 0 Å². The van der Waals surface area contributed by atoms with E-state index in [4.69, 9.17) is 0 Å². The third kappa shape index (κ3) is 11.7. The van der Waals surface area contributed by atoms with Crippen molar-refractivity contribution in [3.8, 4) is 0 Å². The van der Waals surface area contributed by atoms with Crippen LogP contribution in [0.2, 0.25) is 0 Å². The molecule has 0 saturated heterocycles. The van der Waals surface area contributed by atoms with Gasteiger partial charge in [-0.15, -0.1) is 0 Å². The van der Waals surface area contributed by atoms with Crippen LogP contribution in [0.4, 0.5) is 0 Å². The largest absolute Gasteiger partial charge is 0.291 e. The summed E-state index contributed by atoms with van der Waals surface area (Å²) in [6, 6.07) is 0. The molecule has 1 radical (unpaired) electrons. The van der Waals surface area contributed by atoms with Crippen molar-refractivity contribution in [2.45, 2.75) is 71.1 Å². The van der Waals surface area contributed by atoms with Gasteiger partial charge in [0.25, 0.3) is 0 Å². The van der Waals surface area contributed by atoms with Gasteiger partial charge in [-0.3, -0.25) is 35.1 Å². The average molecular weight is 396 g/mol. The van der Waals surface area contributed by atoms with Gasteiger partial charge in [0.1, 0.15) is 0 Å². The highest BCUT2D eigenvalue weighted by molar-refractivity contribution is 5.50. The molecule has 0 aromatic heterocycles. The lowest BCUT2D eigenvalue weighted by Gasteiger charge is -1.99. The van der Waals surface area contributed by atoms with Crippen LogP contribution >= 0.6 is 0 Å². The Morgan fingerprint density at radius 2 is 1.29 bits per heavy atom. The fraction of sp³-hybridized carbons (Fsp3) is 0.611. The van der Waals surface area contributed by atoms with Gasteiger partial charge in [-0.05, 0) is 43.9 Å². The van der Waals surface area contributed by atoms with E-state index in [1.165, 1.54) is 18.2 Å². The minimum atomic E-state index is -0.639. The van der Waals surface area contributed by atoms with Crippen molar-refractivity contribution < 1.29 is 19.6 Å². The molecule has 0 amide bonds. The Morgan fingerprint density at radius 3 is 1.79 bits per heavy atom. The molecule has 10 nitrogen and oxygen atoms in total. The van der Waals surface area contributed by atoms with E-state index in [-0.39, 0.29) is 49.2 Å². The Labute approximate surface area is 163 Å². The van der Waals surface area contributed by atoms with Crippen molar-refractivity contribution in [2.75, 3.05) is 0 Å². The predicted molar refractivity (Wildman–Crippen MR) is 103 cm³/mol. The van der Waals surface area contributed by atoms with Crippen LogP contribution in [-0.4, -0.2) is 21.1 Å². The highest BCUT2D eigenvalue weighted by atomic mass is 16.6. The van der Waals surface area contributed by atoms with Crippen LogP contribution in [0.3, 0.4) is 0 Å². The lowest BCUT2D eigenvalue weighted by molar-refractivity contribution is -0.432. The van der Waals surface area contributed by atoms with E-state index in [0.29, 0.717) is 19.3 Å². The molecule has 0 heterocycles. The number of hydrogen-bond acceptors (Lipinski definition) is 7. The Balaban J connectivity index is 5.03. The van der Waals surface area contributed by atoms with E-state index >= 15 is 0 Å². The molecule has 0 saturated carbocycles. The fourth-order valence-electron chi connectivity index (χ4n) is 2.38. The molecule has 0 N–H and O–H groups in total. The van der Waals surface area contributed by atoms with Crippen LogP contribution in [0, 0.1) is 30.3 Å². The predicted octanol–water partition coefficient (Wildman–Crippen LogP) is 4.50. The first kappa shape index (κ1) is 25.1. The van der Waals surface area contributed by atoms with Crippen LogP contribution < -0.4 is 0 Å². The summed E-state index contributed by atoms with van der Waals surface area (Å²) >= 11 is 0. The normalized spacial score (nSPS) is 12.7. The number of allylic oxidation sites excluding steroid dienone is 5. The molecule has 10 heteroatoms. The van der Waals surface area contributed by atoms with Gasteiger partial charge in [0, 0.05) is 19.3 Å². The van der Waals surface area contributed by atoms with Gasteiger partial charge in [-0.25, -0.2) is 0 Å². The zero-order chi connectivity index (χ0) is 21.4. The number of nitrogens with zero attached hydrogens (tertiary/aromatic N) is 3. The summed E-state index contributed by atoms with van der Waals surface area (Å²) < 4.78 is 0. The van der Waals surface area contributed by atoms with Crippen LogP contribution in [0.15, 0.2) is 35.3 Å². The molecule has 0 fully saturated rings. The van der Waals surface area contributed by atoms with Gasteiger partial charge < -0.3 is 0 Å². The second-order valence-electron chi connectivity index (χ2n) is 6.11. The summed E-state index contributed by atoms with van der Waals surface area (Å²) in [5.74, 6) is 0. The van der Waals surface area contributed by atoms with Crippen molar-refractivity contribution in [3.05, 3.63) is 65.7 Å². The first-order valence-electron chi connectivity index (χ1n) is 9.18. The standard InChI is InChI=1S/C18H26N3O7/c1-2-3-5-9-17(20(25)26)13-14-18(21(27)28)12-8-11-16(19(23)24)10-6-4-7-15-22/h11-13H,2-10,14H2,1H3/b16-11+,17-13+,18-12+. The quantitative estimate of drug-likeness (QED) is 0.212. The molecule has 0 atom stereocenters. The van der Waals surface area contributed by atoms with Crippen LogP contribution in [-0.2, 0) is 4.79 Å². The zero-order valence-corrected chi connectivity index (χ0v) is 16.0. The number of rotatable bonds is 16. The molecule has 0 rings (SSSR count). The molecular formula is C18H26N3O7. The molecule has 0 aliphatic carbocycles. The maximum atomic E-state index is 11.1. The molecule has 0 aliphatic heterocycles. The fourth-order valence-corrected chi connectivity index (χ4v) is 2.38. The van der Waals surface area contributed by atoms with Gasteiger partial charge in [0.15, 0.2) is 6.29 Å². The Hall–Kier alpha value is -2.91. The lowest BCUT2D eigenvalue weighted by Crippen LogP contribution is -2.02. The Kier molecular flexibility index (Phi) is 13.6. The van der Waals surface area contributed by atoms with Crippen molar-refractivity contribution >= 4 is 6.29 Å². The van der Waals surface area contributed by atoms with E-state index in [0.717, 1.165) is 12.8 Å². The van der Waals surface area contributed by atoms with Crippen molar-refractivity contribution in [1.29, 1.82) is 0 Å². The molecule has 0 aromatic carbocycles. The lowest BCUT2D eigenvalue weighted by atomic mass is 10.1. The summed E-state index contributed by atoms with van der Waals surface area (Å²) in [6.07, 6.45) is 9.13. The summed E-state index contributed by atoms with van der Waals surface area (Å²) in [5, 5.41) is 33.2. The summed E-state index contributed by atoms with van der Waals surface area (Å²) in [6.45, 7) is 1.97. The minimum absolute atomic E-state index is 0.0239. The third-order valence-electron chi connectivity index (χ3n) is 3.96. The highest BCUT2D eigenvalue weighted by Crippen LogP contribution is 2.15. The van der Waals surface area contributed by atoms with Crippen LogP contribution in [0.25, 0.3) is 0 Å². The number of unbranched alkanes of at least 4 members (excludes halogenated alkanes) is 4. The van der Waals surface area contributed by atoms with Gasteiger partial charge >= 0.3 is 0 Å². The SMILES string of the molecule is CCCCC/C(=C\C/C(=C\C/C=C(\CCCC[C]=O)[N+](=O)[O-])[N+](=O)[O-])[N+](=O)[O-]. The molecule has 0 aliphatic rings. The monoisotopic (exact) mass is 396 g/mol. The van der Waals surface area contributed by atoms with Crippen molar-refractivity contribution in [2.24, 2.45) is 0 Å². The molecule has 0 bridgehead atoms. The first-order chi connectivity index (χ1) is 13.3. The van der Waals surface area contributed by atoms with Crippen LogP contribution in [0.1, 0.15) is 71.1 Å². The van der Waals surface area contributed by atoms with Gasteiger partial charge in [-0.1, -0.05) is 19.8 Å². The summed E-state index contributed by atoms with van der Waals surface area (Å²) in [7, 11) is 0. The molecule has 0 unspecified atom stereocenters. The van der Waals surface area contributed by atoms with Gasteiger partial charge in [0.2, 0.25) is 17.1 Å². The number of carbonyl (C=O) groups excluding carboxylic acids is 1. The van der Waals surface area contributed by atoms with Gasteiger partial charge in [-0.2, -0.15) is 0 Å². The van der Waals surface area contributed by atoms with E-state index in [2.05, 4.69) is 0 Å².